The van der Waals surface area contributed by atoms with Crippen LogP contribution in [0.3, 0.4) is 0 Å². The van der Waals surface area contributed by atoms with E-state index in [1.807, 2.05) is 4.90 Å². The van der Waals surface area contributed by atoms with Gasteiger partial charge in [-0.15, -0.1) is 0 Å². The van der Waals surface area contributed by atoms with Crippen LogP contribution < -0.4 is 10.1 Å². The van der Waals surface area contributed by atoms with Crippen molar-refractivity contribution >= 4 is 17.5 Å². The number of halogens is 1. The Hall–Kier alpha value is -2.89. The van der Waals surface area contributed by atoms with Crippen molar-refractivity contribution in [2.75, 3.05) is 11.9 Å². The lowest BCUT2D eigenvalue weighted by molar-refractivity contribution is -0.139. The van der Waals surface area contributed by atoms with Crippen LogP contribution >= 0.6 is 0 Å². The minimum absolute atomic E-state index is 0.0265. The molecule has 29 heavy (non-hydrogen) atoms. The highest BCUT2D eigenvalue weighted by molar-refractivity contribution is 6.04. The van der Waals surface area contributed by atoms with Crippen molar-refractivity contribution in [2.45, 2.75) is 52.1 Å². The molecule has 2 aromatic carbocycles. The van der Waals surface area contributed by atoms with Crippen LogP contribution in [-0.4, -0.2) is 35.4 Å². The molecule has 2 amide bonds. The second-order valence-electron chi connectivity index (χ2n) is 7.68. The third-order valence-corrected chi connectivity index (χ3v) is 5.33. The molecular formula is C23H27FN2O3. The van der Waals surface area contributed by atoms with Crippen molar-refractivity contribution in [3.63, 3.8) is 0 Å². The predicted octanol–water partition coefficient (Wildman–Crippen LogP) is 4.55. The van der Waals surface area contributed by atoms with Crippen molar-refractivity contribution in [2.24, 2.45) is 0 Å². The van der Waals surface area contributed by atoms with Gasteiger partial charge in [0.2, 0.25) is 0 Å². The predicted molar refractivity (Wildman–Crippen MR) is 111 cm³/mol. The van der Waals surface area contributed by atoms with Crippen LogP contribution in [0.15, 0.2) is 42.5 Å². The molecule has 3 rings (SSSR count). The molecule has 0 radical (unpaired) electrons. The lowest BCUT2D eigenvalue weighted by Crippen LogP contribution is -2.49. The molecule has 1 aliphatic heterocycles. The molecule has 6 heteroatoms. The van der Waals surface area contributed by atoms with Gasteiger partial charge in [-0.25, -0.2) is 4.39 Å². The van der Waals surface area contributed by atoms with Crippen molar-refractivity contribution in [3.8, 4) is 5.75 Å². The van der Waals surface area contributed by atoms with Crippen LogP contribution in [0.4, 0.5) is 10.1 Å². The Kier molecular flexibility index (Phi) is 6.52. The van der Waals surface area contributed by atoms with Crippen LogP contribution in [-0.2, 0) is 4.79 Å². The van der Waals surface area contributed by atoms with Gasteiger partial charge in [0.05, 0.1) is 5.69 Å². The summed E-state index contributed by atoms with van der Waals surface area (Å²) in [6, 6.07) is 11.5. The Balaban J connectivity index is 1.57. The molecule has 1 N–H and O–H groups in total. The molecule has 1 saturated heterocycles. The van der Waals surface area contributed by atoms with E-state index in [2.05, 4.69) is 19.2 Å². The van der Waals surface area contributed by atoms with Gasteiger partial charge in [-0.1, -0.05) is 6.07 Å². The quantitative estimate of drug-likeness (QED) is 0.804. The molecule has 1 fully saturated rings. The van der Waals surface area contributed by atoms with Crippen molar-refractivity contribution in [1.82, 2.24) is 4.90 Å². The van der Waals surface area contributed by atoms with E-state index >= 15 is 0 Å². The standard InChI is InChI=1S/C23H27FN2O3/c1-15-7-12-21(20(24)13-15)25-23(28)18-8-10-19(11-9-18)29-14-22(27)26-16(2)5-4-6-17(26)3/h7-13,16-17H,4-6,14H2,1-3H3,(H,25,28). The van der Waals surface area contributed by atoms with E-state index in [1.165, 1.54) is 12.1 Å². The maximum atomic E-state index is 13.9. The molecular weight excluding hydrogens is 371 g/mol. The van der Waals surface area contributed by atoms with E-state index in [1.54, 1.807) is 37.3 Å². The molecule has 0 bridgehead atoms. The second kappa shape index (κ2) is 9.07. The summed E-state index contributed by atoms with van der Waals surface area (Å²) in [6.45, 7) is 5.88. The summed E-state index contributed by atoms with van der Waals surface area (Å²) in [5, 5.41) is 2.56. The van der Waals surface area contributed by atoms with Gasteiger partial charge in [0.25, 0.3) is 11.8 Å². The summed E-state index contributed by atoms with van der Waals surface area (Å²) in [4.78, 5) is 26.8. The summed E-state index contributed by atoms with van der Waals surface area (Å²) in [5.41, 5.74) is 1.29. The number of hydrogen-bond acceptors (Lipinski definition) is 3. The zero-order valence-electron chi connectivity index (χ0n) is 17.1. The van der Waals surface area contributed by atoms with Crippen LogP contribution in [0.5, 0.6) is 5.75 Å². The van der Waals surface area contributed by atoms with Gasteiger partial charge in [-0.2, -0.15) is 0 Å². The largest absolute Gasteiger partial charge is 0.484 e. The van der Waals surface area contributed by atoms with E-state index in [9.17, 15) is 14.0 Å². The van der Waals surface area contributed by atoms with Gasteiger partial charge in [0, 0.05) is 17.6 Å². The Morgan fingerprint density at radius 3 is 2.38 bits per heavy atom. The third-order valence-electron chi connectivity index (χ3n) is 5.33. The number of anilines is 1. The highest BCUT2D eigenvalue weighted by Crippen LogP contribution is 2.23. The lowest BCUT2D eigenvalue weighted by Gasteiger charge is -2.38. The summed E-state index contributed by atoms with van der Waals surface area (Å²) in [6.07, 6.45) is 3.17. The molecule has 154 valence electrons. The average molecular weight is 398 g/mol. The lowest BCUT2D eigenvalue weighted by atomic mass is 9.97. The number of likely N-dealkylation sites (tertiary alicyclic amines) is 1. The number of carbonyl (C=O) groups excluding carboxylic acids is 2. The van der Waals surface area contributed by atoms with Gasteiger partial charge >= 0.3 is 0 Å². The topological polar surface area (TPSA) is 58.6 Å². The summed E-state index contributed by atoms with van der Waals surface area (Å²) < 4.78 is 19.5. The number of ether oxygens (including phenoxy) is 1. The maximum absolute atomic E-state index is 13.9. The van der Waals surface area contributed by atoms with Crippen molar-refractivity contribution in [3.05, 3.63) is 59.4 Å². The van der Waals surface area contributed by atoms with Gasteiger partial charge in [0.1, 0.15) is 11.6 Å². The van der Waals surface area contributed by atoms with E-state index < -0.39 is 11.7 Å². The number of amides is 2. The minimum Gasteiger partial charge on any atom is -0.484 e. The molecule has 2 aromatic rings. The Morgan fingerprint density at radius 1 is 1.10 bits per heavy atom. The van der Waals surface area contributed by atoms with E-state index in [0.717, 1.165) is 24.8 Å². The summed E-state index contributed by atoms with van der Waals surface area (Å²) in [5.74, 6) is -0.403. The summed E-state index contributed by atoms with van der Waals surface area (Å²) in [7, 11) is 0. The number of rotatable bonds is 5. The van der Waals surface area contributed by atoms with Crippen LogP contribution in [0.1, 0.15) is 49.0 Å². The molecule has 1 heterocycles. The van der Waals surface area contributed by atoms with Crippen LogP contribution in [0.2, 0.25) is 0 Å². The normalized spacial score (nSPS) is 19.0. The first-order valence-electron chi connectivity index (χ1n) is 9.96. The second-order valence-corrected chi connectivity index (χ2v) is 7.68. The van der Waals surface area contributed by atoms with Gasteiger partial charge in [-0.3, -0.25) is 9.59 Å². The third kappa shape index (κ3) is 5.13. The highest BCUT2D eigenvalue weighted by atomic mass is 19.1. The molecule has 2 unspecified atom stereocenters. The van der Waals surface area contributed by atoms with Gasteiger partial charge < -0.3 is 15.0 Å². The fourth-order valence-electron chi connectivity index (χ4n) is 3.75. The number of nitrogens with one attached hydrogen (secondary N) is 1. The zero-order chi connectivity index (χ0) is 21.0. The zero-order valence-corrected chi connectivity index (χ0v) is 17.1. The molecule has 1 aliphatic rings. The van der Waals surface area contributed by atoms with E-state index in [0.29, 0.717) is 11.3 Å². The number of nitrogens with zero attached hydrogens (tertiary/aromatic N) is 1. The smallest absolute Gasteiger partial charge is 0.260 e. The fraction of sp³-hybridized carbons (Fsp3) is 0.391. The Labute approximate surface area is 170 Å². The SMILES string of the molecule is Cc1ccc(NC(=O)c2ccc(OCC(=O)N3C(C)CCCC3C)cc2)c(F)c1. The van der Waals surface area contributed by atoms with Gasteiger partial charge in [-0.05, 0) is 82.0 Å². The van der Waals surface area contributed by atoms with Crippen molar-refractivity contribution in [1.29, 1.82) is 0 Å². The van der Waals surface area contributed by atoms with Crippen LogP contribution in [0, 0.1) is 12.7 Å². The highest BCUT2D eigenvalue weighted by Gasteiger charge is 2.28. The monoisotopic (exact) mass is 398 g/mol. The minimum atomic E-state index is -0.474. The average Bonchev–Trinajstić information content (AvgIpc) is 2.68. The van der Waals surface area contributed by atoms with Gasteiger partial charge in [0.15, 0.2) is 6.61 Å². The molecule has 2 atom stereocenters. The van der Waals surface area contributed by atoms with Crippen LogP contribution in [0.25, 0.3) is 0 Å². The fourth-order valence-corrected chi connectivity index (χ4v) is 3.75. The Morgan fingerprint density at radius 2 is 1.76 bits per heavy atom. The summed E-state index contributed by atoms with van der Waals surface area (Å²) >= 11 is 0. The maximum Gasteiger partial charge on any atom is 0.260 e. The first-order valence-corrected chi connectivity index (χ1v) is 9.96. The number of hydrogen-bond donors (Lipinski definition) is 1. The first kappa shape index (κ1) is 20.8. The number of carbonyl (C=O) groups is 2. The number of benzene rings is 2. The molecule has 0 saturated carbocycles. The molecule has 0 spiro atoms. The van der Waals surface area contributed by atoms with E-state index in [4.69, 9.17) is 4.74 Å². The molecule has 5 nitrogen and oxygen atoms in total. The molecule has 0 aromatic heterocycles. The first-order chi connectivity index (χ1) is 13.8. The van der Waals surface area contributed by atoms with Crippen molar-refractivity contribution < 1.29 is 18.7 Å². The Bertz CT molecular complexity index is 872. The number of aryl methyl sites for hydroxylation is 1. The number of piperidine rings is 1. The molecule has 0 aliphatic carbocycles. The van der Waals surface area contributed by atoms with E-state index in [-0.39, 0.29) is 30.3 Å².